The van der Waals surface area contributed by atoms with Crippen molar-refractivity contribution in [3.05, 3.63) is 59.7 Å². The van der Waals surface area contributed by atoms with Crippen LogP contribution in [0.3, 0.4) is 0 Å². The fraction of sp³-hybridized carbons (Fsp3) is 0.300. The summed E-state index contributed by atoms with van der Waals surface area (Å²) in [6.07, 6.45) is 4.45. The summed E-state index contributed by atoms with van der Waals surface area (Å²) in [6, 6.07) is 18.1. The third-order valence-electron chi connectivity index (χ3n) is 4.00. The van der Waals surface area contributed by atoms with Crippen LogP contribution in [0.2, 0.25) is 39.3 Å². The molecule has 0 amide bonds. The van der Waals surface area contributed by atoms with Crippen LogP contribution in [0, 0.1) is 0 Å². The predicted octanol–water partition coefficient (Wildman–Crippen LogP) is 4.95. The quantitative estimate of drug-likeness (QED) is 0.551. The molecule has 2 aromatic rings. The summed E-state index contributed by atoms with van der Waals surface area (Å²) in [5, 5.41) is 3.04. The molecule has 0 unspecified atom stereocenters. The Balaban J connectivity index is 2.19. The molecule has 0 N–H and O–H groups in total. The Morgan fingerprint density at radius 1 is 0.591 bits per heavy atom. The normalized spacial score (nSPS) is 12.8. The second-order valence-electron chi connectivity index (χ2n) is 8.08. The number of benzene rings is 2. The lowest BCUT2D eigenvalue weighted by molar-refractivity contribution is 1.63. The van der Waals surface area contributed by atoms with Crippen LogP contribution in [0.25, 0.3) is 12.2 Å². The number of hydrogen-bond acceptors (Lipinski definition) is 0. The standard InChI is InChI=1S/C20H28Si2/c1-21(2,3)19-14-12-17(13-15-19)10-11-18-8-7-9-20(16-18)22(4,5)6/h7-16H,1-6H3/b11-10+. The molecule has 0 aliphatic carbocycles. The summed E-state index contributed by atoms with van der Waals surface area (Å²) in [5.41, 5.74) is 2.58. The maximum absolute atomic E-state index is 2.39. The van der Waals surface area contributed by atoms with Crippen LogP contribution in [0.1, 0.15) is 11.1 Å². The van der Waals surface area contributed by atoms with E-state index >= 15 is 0 Å². The molecule has 0 aliphatic rings. The lowest BCUT2D eigenvalue weighted by atomic mass is 10.1. The third-order valence-corrected chi connectivity index (χ3v) is 8.11. The summed E-state index contributed by atoms with van der Waals surface area (Å²) >= 11 is 0. The zero-order valence-corrected chi connectivity index (χ0v) is 16.8. The number of rotatable bonds is 4. The van der Waals surface area contributed by atoms with Gasteiger partial charge in [0.15, 0.2) is 0 Å². The molecule has 0 radical (unpaired) electrons. The van der Waals surface area contributed by atoms with Gasteiger partial charge in [0, 0.05) is 0 Å². The van der Waals surface area contributed by atoms with Gasteiger partial charge in [0.1, 0.15) is 0 Å². The molecule has 2 rings (SSSR count). The molecule has 0 spiro atoms. The molecule has 0 heterocycles. The molecule has 0 aromatic heterocycles. The summed E-state index contributed by atoms with van der Waals surface area (Å²) < 4.78 is 0. The third kappa shape index (κ3) is 4.55. The van der Waals surface area contributed by atoms with E-state index in [2.05, 4.69) is 100.0 Å². The Kier molecular flexibility index (Phi) is 4.93. The van der Waals surface area contributed by atoms with Gasteiger partial charge in [0.2, 0.25) is 0 Å². The minimum Gasteiger partial charge on any atom is -0.0656 e. The smallest absolute Gasteiger partial charge is 0.0656 e. The topological polar surface area (TPSA) is 0 Å². The Bertz CT molecular complexity index is 653. The molecule has 0 bridgehead atoms. The van der Waals surface area contributed by atoms with Crippen molar-refractivity contribution in [2.45, 2.75) is 39.3 Å². The Labute approximate surface area is 137 Å². The lowest BCUT2D eigenvalue weighted by Gasteiger charge is -2.17. The summed E-state index contributed by atoms with van der Waals surface area (Å²) in [5.74, 6) is 0. The molecule has 0 fully saturated rings. The van der Waals surface area contributed by atoms with Gasteiger partial charge >= 0.3 is 0 Å². The molecular formula is C20H28Si2. The van der Waals surface area contributed by atoms with E-state index in [1.165, 1.54) is 21.5 Å². The van der Waals surface area contributed by atoms with Crippen LogP contribution in [0.15, 0.2) is 48.5 Å². The van der Waals surface area contributed by atoms with Crippen LogP contribution in [0.5, 0.6) is 0 Å². The second kappa shape index (κ2) is 6.39. The molecule has 2 heteroatoms. The van der Waals surface area contributed by atoms with Gasteiger partial charge in [0.05, 0.1) is 16.1 Å². The van der Waals surface area contributed by atoms with Crippen molar-refractivity contribution in [1.29, 1.82) is 0 Å². The fourth-order valence-electron chi connectivity index (χ4n) is 2.40. The molecule has 0 saturated heterocycles. The van der Waals surface area contributed by atoms with Gasteiger partial charge in [-0.3, -0.25) is 0 Å². The van der Waals surface area contributed by atoms with Gasteiger partial charge in [-0.25, -0.2) is 0 Å². The van der Waals surface area contributed by atoms with Crippen molar-refractivity contribution in [2.24, 2.45) is 0 Å². The highest BCUT2D eigenvalue weighted by molar-refractivity contribution is 6.89. The molecular weight excluding hydrogens is 296 g/mol. The zero-order valence-electron chi connectivity index (χ0n) is 14.8. The molecule has 116 valence electrons. The van der Waals surface area contributed by atoms with E-state index < -0.39 is 16.1 Å². The Morgan fingerprint density at radius 3 is 1.68 bits per heavy atom. The second-order valence-corrected chi connectivity index (χ2v) is 18.2. The maximum Gasteiger partial charge on any atom is 0.0776 e. The van der Waals surface area contributed by atoms with E-state index in [9.17, 15) is 0 Å². The largest absolute Gasteiger partial charge is 0.0776 e. The van der Waals surface area contributed by atoms with Crippen molar-refractivity contribution in [1.82, 2.24) is 0 Å². The van der Waals surface area contributed by atoms with E-state index in [-0.39, 0.29) is 0 Å². The fourth-order valence-corrected chi connectivity index (χ4v) is 4.76. The van der Waals surface area contributed by atoms with Gasteiger partial charge in [-0.15, -0.1) is 0 Å². The van der Waals surface area contributed by atoms with Crippen LogP contribution in [0.4, 0.5) is 0 Å². The minimum atomic E-state index is -1.23. The van der Waals surface area contributed by atoms with Crippen LogP contribution in [-0.4, -0.2) is 16.1 Å². The van der Waals surface area contributed by atoms with Gasteiger partial charge < -0.3 is 0 Å². The van der Waals surface area contributed by atoms with E-state index in [4.69, 9.17) is 0 Å². The van der Waals surface area contributed by atoms with Crippen LogP contribution >= 0.6 is 0 Å². The van der Waals surface area contributed by atoms with Crippen molar-refractivity contribution in [3.8, 4) is 0 Å². The maximum atomic E-state index is 2.39. The SMILES string of the molecule is C[Si](C)(C)c1ccc(/C=C/c2cccc([Si](C)(C)C)c2)cc1. The van der Waals surface area contributed by atoms with Gasteiger partial charge in [-0.2, -0.15) is 0 Å². The molecule has 0 atom stereocenters. The highest BCUT2D eigenvalue weighted by atomic mass is 28.3. The van der Waals surface area contributed by atoms with Gasteiger partial charge in [-0.1, -0.05) is 110 Å². The molecule has 0 saturated carbocycles. The predicted molar refractivity (Wildman–Crippen MR) is 108 cm³/mol. The van der Waals surface area contributed by atoms with Crippen LogP contribution in [-0.2, 0) is 0 Å². The Morgan fingerprint density at radius 2 is 1.14 bits per heavy atom. The van der Waals surface area contributed by atoms with Gasteiger partial charge in [-0.05, 0) is 11.1 Å². The summed E-state index contributed by atoms with van der Waals surface area (Å²) in [4.78, 5) is 0. The van der Waals surface area contributed by atoms with E-state index in [1.54, 1.807) is 0 Å². The van der Waals surface area contributed by atoms with E-state index in [0.717, 1.165) is 0 Å². The van der Waals surface area contributed by atoms with Crippen LogP contribution < -0.4 is 10.4 Å². The number of hydrogen-bond donors (Lipinski definition) is 0. The van der Waals surface area contributed by atoms with Crippen molar-refractivity contribution < 1.29 is 0 Å². The lowest BCUT2D eigenvalue weighted by Crippen LogP contribution is -2.37. The Hall–Kier alpha value is -1.39. The van der Waals surface area contributed by atoms with Gasteiger partial charge in [0.25, 0.3) is 0 Å². The molecule has 22 heavy (non-hydrogen) atoms. The minimum absolute atomic E-state index is 1.19. The summed E-state index contributed by atoms with van der Waals surface area (Å²) in [6.45, 7) is 14.3. The zero-order chi connectivity index (χ0) is 16.4. The van der Waals surface area contributed by atoms with E-state index in [1.807, 2.05) is 0 Å². The summed E-state index contributed by atoms with van der Waals surface area (Å²) in [7, 11) is -2.42. The van der Waals surface area contributed by atoms with Crippen molar-refractivity contribution >= 4 is 38.7 Å². The first kappa shape index (κ1) is 17.0. The average Bonchev–Trinajstić information content (AvgIpc) is 2.44. The van der Waals surface area contributed by atoms with Crippen molar-refractivity contribution in [2.75, 3.05) is 0 Å². The monoisotopic (exact) mass is 324 g/mol. The first-order valence-corrected chi connectivity index (χ1v) is 15.1. The molecule has 2 aromatic carbocycles. The van der Waals surface area contributed by atoms with E-state index in [0.29, 0.717) is 0 Å². The van der Waals surface area contributed by atoms with Crippen molar-refractivity contribution in [3.63, 3.8) is 0 Å². The molecule has 0 aliphatic heterocycles. The highest BCUT2D eigenvalue weighted by Gasteiger charge is 2.16. The molecule has 0 nitrogen and oxygen atoms in total. The highest BCUT2D eigenvalue weighted by Crippen LogP contribution is 2.10. The average molecular weight is 325 g/mol. The first-order chi connectivity index (χ1) is 10.2. The first-order valence-electron chi connectivity index (χ1n) is 8.05.